The fourth-order valence-corrected chi connectivity index (χ4v) is 4.28. The number of hydrogen-bond donors (Lipinski definition) is 3. The lowest BCUT2D eigenvalue weighted by molar-refractivity contribution is -0.881. The quantitative estimate of drug-likeness (QED) is 0.0314. The van der Waals surface area contributed by atoms with Crippen molar-refractivity contribution in [2.75, 3.05) is 53.6 Å². The molecular formula is C26H25F30N4O2S+. The number of quaternary nitrogens is 1. The Kier molecular flexibility index (Phi) is 17.1. The fraction of sp³-hybridized carbons (Fsp3) is 0.923. The van der Waals surface area contributed by atoms with Crippen molar-refractivity contribution in [1.29, 1.82) is 0 Å². The molecule has 37 heteroatoms. The SMILES string of the molecule is C[N+](C)(CCNC(=S)NCOCCC(F)(F)C(F)(F)C(F)(F)C(F)(F)C(F)(F)C(F)(F)C(F)(F)C(F)(F)F)CC(=O)NCCC(F)(F)C(F)(F)C(F)(F)C(F)(F)C(F)(F)C(F)(F)F. The Hall–Kier alpha value is -3.02. The first kappa shape index (κ1) is 60.0. The Morgan fingerprint density at radius 2 is 0.762 bits per heavy atom. The molecule has 0 atom stereocenters. The van der Waals surface area contributed by atoms with Crippen molar-refractivity contribution in [2.24, 2.45) is 0 Å². The Bertz CT molecular complexity index is 1580. The third-order valence-corrected chi connectivity index (χ3v) is 8.30. The maximum absolute atomic E-state index is 13.9. The maximum Gasteiger partial charge on any atom is 0.460 e. The van der Waals surface area contributed by atoms with Crippen LogP contribution in [0.3, 0.4) is 0 Å². The summed E-state index contributed by atoms with van der Waals surface area (Å²) in [5.74, 6) is -97.5. The van der Waals surface area contributed by atoms with Gasteiger partial charge in [-0.3, -0.25) is 4.79 Å². The number of carbonyl (C=O) groups is 1. The zero-order chi connectivity index (χ0) is 51.1. The number of ether oxygens (including phenoxy) is 1. The van der Waals surface area contributed by atoms with Gasteiger partial charge in [-0.05, 0) is 12.2 Å². The second-order valence-electron chi connectivity index (χ2n) is 13.3. The molecule has 0 aliphatic carbocycles. The number of nitrogens with zero attached hydrogens (tertiary/aromatic N) is 1. The molecule has 0 spiro atoms. The third kappa shape index (κ3) is 10.8. The summed E-state index contributed by atoms with van der Waals surface area (Å²) >= 11 is 4.60. The summed E-state index contributed by atoms with van der Waals surface area (Å²) < 4.78 is 402. The average Bonchev–Trinajstić information content (AvgIpc) is 3.05. The van der Waals surface area contributed by atoms with Gasteiger partial charge >= 0.3 is 83.4 Å². The molecule has 376 valence electrons. The number of alkyl halides is 30. The molecule has 6 nitrogen and oxygen atoms in total. The molecule has 63 heavy (non-hydrogen) atoms. The monoisotopic (exact) mass is 1030 g/mol. The first-order chi connectivity index (χ1) is 27.2. The van der Waals surface area contributed by atoms with E-state index in [1.807, 2.05) is 5.32 Å². The summed E-state index contributed by atoms with van der Waals surface area (Å²) in [4.78, 5) is 12.0. The van der Waals surface area contributed by atoms with Crippen molar-refractivity contribution >= 4 is 23.2 Å². The highest BCUT2D eigenvalue weighted by atomic mass is 32.1. The second kappa shape index (κ2) is 18.0. The summed E-state index contributed by atoms with van der Waals surface area (Å²) in [6.45, 7) is -6.79. The van der Waals surface area contributed by atoms with E-state index in [2.05, 4.69) is 22.3 Å². The lowest BCUT2D eigenvalue weighted by atomic mass is 9.88. The van der Waals surface area contributed by atoms with Crippen LogP contribution >= 0.6 is 12.2 Å². The van der Waals surface area contributed by atoms with Gasteiger partial charge in [0, 0.05) is 19.4 Å². The highest BCUT2D eigenvalue weighted by Gasteiger charge is 2.95. The maximum atomic E-state index is 13.9. The molecule has 0 unspecified atom stereocenters. The minimum atomic E-state index is -8.81. The van der Waals surface area contributed by atoms with Gasteiger partial charge < -0.3 is 25.2 Å². The molecule has 0 saturated carbocycles. The molecular weight excluding hydrogens is 1000 g/mol. The molecule has 0 rings (SSSR count). The van der Waals surface area contributed by atoms with Crippen LogP contribution in [0.4, 0.5) is 132 Å². The first-order valence-electron chi connectivity index (χ1n) is 15.6. The average molecular weight is 1030 g/mol. The zero-order valence-corrected chi connectivity index (χ0v) is 31.0. The van der Waals surface area contributed by atoms with Gasteiger partial charge in [0.25, 0.3) is 5.91 Å². The van der Waals surface area contributed by atoms with Gasteiger partial charge in [-0.15, -0.1) is 0 Å². The molecule has 0 aromatic heterocycles. The largest absolute Gasteiger partial charge is 0.460 e. The molecule has 0 heterocycles. The Morgan fingerprint density at radius 1 is 0.444 bits per heavy atom. The van der Waals surface area contributed by atoms with Gasteiger partial charge in [-0.2, -0.15) is 132 Å². The van der Waals surface area contributed by atoms with E-state index in [-0.39, 0.29) is 6.54 Å². The van der Waals surface area contributed by atoms with Crippen molar-refractivity contribution < 1.29 is 146 Å². The molecule has 0 aliphatic heterocycles. The van der Waals surface area contributed by atoms with Gasteiger partial charge in [0.15, 0.2) is 11.7 Å². The third-order valence-electron chi connectivity index (χ3n) is 8.02. The minimum Gasteiger partial charge on any atom is -0.361 e. The van der Waals surface area contributed by atoms with Crippen LogP contribution in [0.5, 0.6) is 0 Å². The number of carbonyl (C=O) groups excluding carboxylic acids is 1. The number of nitrogens with one attached hydrogen (secondary N) is 3. The highest BCUT2D eigenvalue weighted by molar-refractivity contribution is 7.80. The van der Waals surface area contributed by atoms with Crippen molar-refractivity contribution in [2.45, 2.75) is 96.3 Å². The Morgan fingerprint density at radius 3 is 1.11 bits per heavy atom. The summed E-state index contributed by atoms with van der Waals surface area (Å²) in [6.07, 6.45) is -21.2. The first-order valence-corrected chi connectivity index (χ1v) is 16.0. The van der Waals surface area contributed by atoms with Gasteiger partial charge in [-0.1, -0.05) is 0 Å². The van der Waals surface area contributed by atoms with Gasteiger partial charge in [0.2, 0.25) is 0 Å². The number of amides is 1. The summed E-state index contributed by atoms with van der Waals surface area (Å²) in [5.41, 5.74) is 0. The second-order valence-corrected chi connectivity index (χ2v) is 13.7. The Labute approximate surface area is 335 Å². The summed E-state index contributed by atoms with van der Waals surface area (Å²) in [7, 11) is 2.21. The number of rotatable bonds is 23. The topological polar surface area (TPSA) is 62.4 Å². The molecule has 0 bridgehead atoms. The smallest absolute Gasteiger partial charge is 0.361 e. The van der Waals surface area contributed by atoms with Crippen molar-refractivity contribution in [1.82, 2.24) is 16.0 Å². The molecule has 0 aromatic rings. The molecule has 0 saturated heterocycles. The molecule has 0 aromatic carbocycles. The van der Waals surface area contributed by atoms with Crippen LogP contribution < -0.4 is 16.0 Å². The molecule has 0 fully saturated rings. The van der Waals surface area contributed by atoms with Crippen LogP contribution in [0.15, 0.2) is 0 Å². The molecule has 1 amide bonds. The van der Waals surface area contributed by atoms with E-state index in [9.17, 15) is 137 Å². The van der Waals surface area contributed by atoms with Crippen molar-refractivity contribution in [3.8, 4) is 0 Å². The normalized spacial score (nSPS) is 15.7. The molecule has 3 N–H and O–H groups in total. The molecule has 0 aliphatic rings. The number of hydrogen-bond acceptors (Lipinski definition) is 3. The van der Waals surface area contributed by atoms with Crippen LogP contribution in [0, 0.1) is 0 Å². The summed E-state index contributed by atoms with van der Waals surface area (Å²) in [6, 6.07) is 0. The zero-order valence-electron chi connectivity index (χ0n) is 30.2. The fourth-order valence-electron chi connectivity index (χ4n) is 4.12. The standard InChI is InChI=1S/C26H24F30N4O2S/c1-60(2,9-11(61)57-5-3-13(27,28)15(31,32)18(37,38)21(43,44)23(47,48)25(51,52)53)7-6-58-12(63)59-10-62-8-4-14(29,30)16(33,34)17(35,36)19(39,40)20(41,42)22(45,46)24(49,50)26(54,55)56/h3-10H2,1-2H3,(H2-,57,58,59,61,63)/p+1. The van der Waals surface area contributed by atoms with E-state index in [1.165, 1.54) is 5.32 Å². The van der Waals surface area contributed by atoms with E-state index < -0.39 is 145 Å². The number of thiocarbonyl (C=S) groups is 1. The number of halogens is 30. The highest BCUT2D eigenvalue weighted by Crippen LogP contribution is 2.65. The van der Waals surface area contributed by atoms with Crippen LogP contribution in [0.25, 0.3) is 0 Å². The van der Waals surface area contributed by atoms with Gasteiger partial charge in [-0.25, -0.2) is 0 Å². The van der Waals surface area contributed by atoms with Crippen LogP contribution in [0.2, 0.25) is 0 Å². The lowest BCUT2D eigenvalue weighted by Gasteiger charge is -2.42. The summed E-state index contributed by atoms with van der Waals surface area (Å²) in [5, 5.41) is 4.82. The van der Waals surface area contributed by atoms with Crippen LogP contribution in [-0.4, -0.2) is 153 Å². The minimum absolute atomic E-state index is 0.363. The van der Waals surface area contributed by atoms with E-state index in [0.29, 0.717) is 0 Å². The molecule has 0 radical (unpaired) electrons. The predicted molar refractivity (Wildman–Crippen MR) is 150 cm³/mol. The van der Waals surface area contributed by atoms with Gasteiger partial charge in [0.05, 0.1) is 33.8 Å². The number of likely N-dealkylation sites (N-methyl/N-ethyl adjacent to an activating group) is 1. The Balaban J connectivity index is 5.28. The van der Waals surface area contributed by atoms with Crippen LogP contribution in [0.1, 0.15) is 12.8 Å². The van der Waals surface area contributed by atoms with E-state index in [1.54, 1.807) is 0 Å². The lowest BCUT2D eigenvalue weighted by Crippen LogP contribution is -2.74. The van der Waals surface area contributed by atoms with E-state index in [0.717, 1.165) is 14.1 Å². The predicted octanol–water partition coefficient (Wildman–Crippen LogP) is 9.15. The van der Waals surface area contributed by atoms with E-state index in [4.69, 9.17) is 0 Å². The van der Waals surface area contributed by atoms with Crippen LogP contribution in [-0.2, 0) is 9.53 Å². The van der Waals surface area contributed by atoms with Gasteiger partial charge in [0.1, 0.15) is 6.73 Å². The van der Waals surface area contributed by atoms with Crippen molar-refractivity contribution in [3.63, 3.8) is 0 Å². The van der Waals surface area contributed by atoms with Crippen molar-refractivity contribution in [3.05, 3.63) is 0 Å². The van der Waals surface area contributed by atoms with E-state index >= 15 is 0 Å².